The van der Waals surface area contributed by atoms with Crippen molar-refractivity contribution in [3.63, 3.8) is 0 Å². The Bertz CT molecular complexity index is 727. The summed E-state index contributed by atoms with van der Waals surface area (Å²) in [5.74, 6) is 0.180. The smallest absolute Gasteiger partial charge is 0.338 e. The fraction of sp³-hybridized carbons (Fsp3) is 0.263. The quantitative estimate of drug-likeness (QED) is 0.781. The predicted octanol–water partition coefficient (Wildman–Crippen LogP) is 3.28. The number of methoxy groups -OCH3 is 1. The van der Waals surface area contributed by atoms with Gasteiger partial charge in [-0.15, -0.1) is 0 Å². The Morgan fingerprint density at radius 1 is 1.08 bits per heavy atom. The number of rotatable bonds is 7. The first-order chi connectivity index (χ1) is 12.0. The summed E-state index contributed by atoms with van der Waals surface area (Å²) in [6, 6.07) is 13.5. The maximum atomic E-state index is 12.3. The highest BCUT2D eigenvalue weighted by Crippen LogP contribution is 2.24. The summed E-state index contributed by atoms with van der Waals surface area (Å²) in [4.78, 5) is 24.4. The lowest BCUT2D eigenvalue weighted by atomic mass is 10.2. The lowest BCUT2D eigenvalue weighted by Gasteiger charge is -2.15. The van der Waals surface area contributed by atoms with Gasteiger partial charge in [-0.25, -0.2) is 4.79 Å². The van der Waals surface area contributed by atoms with E-state index in [1.807, 2.05) is 13.0 Å². The van der Waals surface area contributed by atoms with Crippen LogP contribution in [0.2, 0.25) is 0 Å². The molecule has 0 heterocycles. The molecule has 2 rings (SSSR count). The molecular formula is C19H21NO5. The van der Waals surface area contributed by atoms with Crippen LogP contribution in [-0.2, 0) is 9.53 Å². The first kappa shape index (κ1) is 18.3. The number of para-hydroxylation sites is 2. The van der Waals surface area contributed by atoms with Crippen molar-refractivity contribution in [2.24, 2.45) is 0 Å². The molecule has 0 aromatic heterocycles. The lowest BCUT2D eigenvalue weighted by Crippen LogP contribution is -2.30. The zero-order valence-electron chi connectivity index (χ0n) is 14.4. The molecule has 0 spiro atoms. The first-order valence-electron chi connectivity index (χ1n) is 7.93. The Hall–Kier alpha value is -3.02. The van der Waals surface area contributed by atoms with Gasteiger partial charge in [0.15, 0.2) is 6.10 Å². The van der Waals surface area contributed by atoms with Crippen molar-refractivity contribution in [1.82, 2.24) is 0 Å². The van der Waals surface area contributed by atoms with Crippen molar-refractivity contribution in [2.45, 2.75) is 20.0 Å². The van der Waals surface area contributed by atoms with Gasteiger partial charge in [0.2, 0.25) is 0 Å². The maximum Gasteiger partial charge on any atom is 0.338 e. The molecule has 0 radical (unpaired) electrons. The van der Waals surface area contributed by atoms with Gasteiger partial charge in [0.05, 0.1) is 25.0 Å². The van der Waals surface area contributed by atoms with Gasteiger partial charge in [0.25, 0.3) is 5.91 Å². The Labute approximate surface area is 146 Å². The molecule has 6 heteroatoms. The van der Waals surface area contributed by atoms with Gasteiger partial charge >= 0.3 is 5.97 Å². The van der Waals surface area contributed by atoms with E-state index in [-0.39, 0.29) is 0 Å². The third-order valence-electron chi connectivity index (χ3n) is 3.42. The predicted molar refractivity (Wildman–Crippen MR) is 94.1 cm³/mol. The van der Waals surface area contributed by atoms with Gasteiger partial charge in [-0.1, -0.05) is 12.1 Å². The highest BCUT2D eigenvalue weighted by Gasteiger charge is 2.20. The van der Waals surface area contributed by atoms with Gasteiger partial charge in [-0.05, 0) is 50.2 Å². The van der Waals surface area contributed by atoms with Crippen LogP contribution in [0.15, 0.2) is 48.5 Å². The van der Waals surface area contributed by atoms with Gasteiger partial charge in [0, 0.05) is 0 Å². The van der Waals surface area contributed by atoms with Crippen LogP contribution >= 0.6 is 0 Å². The Morgan fingerprint density at radius 2 is 1.76 bits per heavy atom. The minimum Gasteiger partial charge on any atom is -0.497 e. The third-order valence-corrected chi connectivity index (χ3v) is 3.42. The number of carbonyl (C=O) groups is 2. The van der Waals surface area contributed by atoms with Crippen molar-refractivity contribution in [1.29, 1.82) is 0 Å². The fourth-order valence-electron chi connectivity index (χ4n) is 2.09. The molecule has 2 aromatic rings. The normalized spacial score (nSPS) is 11.3. The van der Waals surface area contributed by atoms with E-state index in [4.69, 9.17) is 14.2 Å². The molecule has 2 aromatic carbocycles. The van der Waals surface area contributed by atoms with Crippen LogP contribution in [0.25, 0.3) is 0 Å². The highest BCUT2D eigenvalue weighted by molar-refractivity contribution is 5.98. The summed E-state index contributed by atoms with van der Waals surface area (Å²) >= 11 is 0. The minimum absolute atomic E-state index is 0.343. The average Bonchev–Trinajstić information content (AvgIpc) is 2.63. The van der Waals surface area contributed by atoms with E-state index in [0.29, 0.717) is 29.4 Å². The highest BCUT2D eigenvalue weighted by atomic mass is 16.5. The number of amides is 1. The summed E-state index contributed by atoms with van der Waals surface area (Å²) in [5, 5.41) is 2.71. The summed E-state index contributed by atoms with van der Waals surface area (Å²) in [6.45, 7) is 3.85. The molecule has 0 saturated carbocycles. The molecule has 0 aliphatic rings. The van der Waals surface area contributed by atoms with Crippen LogP contribution in [0.4, 0.5) is 5.69 Å². The molecule has 0 saturated heterocycles. The minimum atomic E-state index is -0.954. The molecule has 0 fully saturated rings. The standard InChI is InChI=1S/C19H21NO5/c1-4-24-17-8-6-5-7-16(17)20-18(21)13(2)25-19(22)14-9-11-15(23-3)12-10-14/h5-13H,4H2,1-3H3,(H,20,21). The molecular weight excluding hydrogens is 322 g/mol. The van der Waals surface area contributed by atoms with Crippen molar-refractivity contribution >= 4 is 17.6 Å². The maximum absolute atomic E-state index is 12.3. The fourth-order valence-corrected chi connectivity index (χ4v) is 2.09. The number of anilines is 1. The molecule has 132 valence electrons. The number of ether oxygens (including phenoxy) is 3. The summed E-state index contributed by atoms with van der Waals surface area (Å²) in [7, 11) is 1.54. The average molecular weight is 343 g/mol. The van der Waals surface area contributed by atoms with Gasteiger partial charge in [-0.2, -0.15) is 0 Å². The summed E-state index contributed by atoms with van der Waals surface area (Å²) < 4.78 is 15.7. The zero-order valence-corrected chi connectivity index (χ0v) is 14.4. The monoisotopic (exact) mass is 343 g/mol. The Kier molecular flexibility index (Phi) is 6.39. The number of esters is 1. The van der Waals surface area contributed by atoms with Crippen molar-refractivity contribution in [3.8, 4) is 11.5 Å². The van der Waals surface area contributed by atoms with E-state index >= 15 is 0 Å². The zero-order chi connectivity index (χ0) is 18.2. The largest absolute Gasteiger partial charge is 0.497 e. The first-order valence-corrected chi connectivity index (χ1v) is 7.93. The van der Waals surface area contributed by atoms with Crippen LogP contribution in [0, 0.1) is 0 Å². The molecule has 0 bridgehead atoms. The topological polar surface area (TPSA) is 73.9 Å². The van der Waals surface area contributed by atoms with E-state index < -0.39 is 18.0 Å². The van der Waals surface area contributed by atoms with Gasteiger partial charge < -0.3 is 19.5 Å². The molecule has 0 aliphatic heterocycles. The Morgan fingerprint density at radius 3 is 2.40 bits per heavy atom. The lowest BCUT2D eigenvalue weighted by molar-refractivity contribution is -0.123. The number of benzene rings is 2. The van der Waals surface area contributed by atoms with Crippen molar-refractivity contribution in [2.75, 3.05) is 19.0 Å². The second kappa shape index (κ2) is 8.73. The number of hydrogen-bond acceptors (Lipinski definition) is 5. The van der Waals surface area contributed by atoms with Gasteiger partial charge in [-0.3, -0.25) is 4.79 Å². The molecule has 1 unspecified atom stereocenters. The number of nitrogens with one attached hydrogen (secondary N) is 1. The molecule has 25 heavy (non-hydrogen) atoms. The van der Waals surface area contributed by atoms with Crippen molar-refractivity contribution in [3.05, 3.63) is 54.1 Å². The molecule has 1 N–H and O–H groups in total. The second-order valence-electron chi connectivity index (χ2n) is 5.19. The summed E-state index contributed by atoms with van der Waals surface area (Å²) in [5.41, 5.74) is 0.872. The third kappa shape index (κ3) is 4.97. The van der Waals surface area contributed by atoms with E-state index in [9.17, 15) is 9.59 Å². The van der Waals surface area contributed by atoms with Crippen LogP contribution < -0.4 is 14.8 Å². The van der Waals surface area contributed by atoms with E-state index in [0.717, 1.165) is 0 Å². The van der Waals surface area contributed by atoms with Crippen LogP contribution in [-0.4, -0.2) is 31.7 Å². The Balaban J connectivity index is 1.98. The van der Waals surface area contributed by atoms with E-state index in [1.54, 1.807) is 49.6 Å². The van der Waals surface area contributed by atoms with Crippen LogP contribution in [0.1, 0.15) is 24.2 Å². The van der Waals surface area contributed by atoms with E-state index in [1.165, 1.54) is 6.92 Å². The van der Waals surface area contributed by atoms with E-state index in [2.05, 4.69) is 5.32 Å². The SMILES string of the molecule is CCOc1ccccc1NC(=O)C(C)OC(=O)c1ccc(OC)cc1. The molecule has 1 atom stereocenters. The number of hydrogen-bond donors (Lipinski definition) is 1. The van der Waals surface area contributed by atoms with Crippen LogP contribution in [0.3, 0.4) is 0 Å². The molecule has 0 aliphatic carbocycles. The molecule has 1 amide bonds. The molecule has 6 nitrogen and oxygen atoms in total. The van der Waals surface area contributed by atoms with Crippen molar-refractivity contribution < 1.29 is 23.8 Å². The second-order valence-corrected chi connectivity index (χ2v) is 5.19. The summed E-state index contributed by atoms with van der Waals surface area (Å²) in [6.07, 6.45) is -0.954. The van der Waals surface area contributed by atoms with Crippen LogP contribution in [0.5, 0.6) is 11.5 Å². The number of carbonyl (C=O) groups excluding carboxylic acids is 2. The van der Waals surface area contributed by atoms with Gasteiger partial charge in [0.1, 0.15) is 11.5 Å².